The molecule has 2 aromatic carbocycles. The Labute approximate surface area is 209 Å². The standard InChI is InChI=1S/C27H29N5O4/c1-18-4-6-19(7-5-18)23(16-25(33)34)30-26(35)20-8-9-24(22(28)15-20)31-11-13-32(14-12-31)27(36)21-3-2-10-29-17-21/h2-10,15,17,23H,11-14,16,28H2,1H3,(H,30,35)(H,33,34). The van der Waals surface area contributed by atoms with E-state index >= 15 is 0 Å². The van der Waals surface area contributed by atoms with E-state index in [0.29, 0.717) is 43.0 Å². The molecule has 0 bridgehead atoms. The van der Waals surface area contributed by atoms with Crippen molar-refractivity contribution in [1.29, 1.82) is 0 Å². The Balaban J connectivity index is 1.41. The highest BCUT2D eigenvalue weighted by Gasteiger charge is 2.24. The first kappa shape index (κ1) is 24.7. The van der Waals surface area contributed by atoms with Crippen LogP contribution in [0.5, 0.6) is 0 Å². The first-order valence-electron chi connectivity index (χ1n) is 11.7. The van der Waals surface area contributed by atoms with Crippen molar-refractivity contribution in [3.8, 4) is 0 Å². The first-order valence-corrected chi connectivity index (χ1v) is 11.7. The molecular weight excluding hydrogens is 458 g/mol. The van der Waals surface area contributed by atoms with Crippen LogP contribution in [0.2, 0.25) is 0 Å². The Morgan fingerprint density at radius 1 is 1.03 bits per heavy atom. The van der Waals surface area contributed by atoms with Crippen LogP contribution < -0.4 is 16.0 Å². The van der Waals surface area contributed by atoms with Crippen molar-refractivity contribution in [1.82, 2.24) is 15.2 Å². The molecule has 1 fully saturated rings. The van der Waals surface area contributed by atoms with Gasteiger partial charge in [0.05, 0.1) is 29.4 Å². The molecule has 36 heavy (non-hydrogen) atoms. The summed E-state index contributed by atoms with van der Waals surface area (Å²) in [5, 5.41) is 12.1. The maximum Gasteiger partial charge on any atom is 0.305 e. The largest absolute Gasteiger partial charge is 0.481 e. The lowest BCUT2D eigenvalue weighted by Crippen LogP contribution is -2.49. The van der Waals surface area contributed by atoms with E-state index < -0.39 is 17.9 Å². The minimum Gasteiger partial charge on any atom is -0.481 e. The van der Waals surface area contributed by atoms with Crippen LogP contribution in [0.4, 0.5) is 11.4 Å². The number of anilines is 2. The van der Waals surface area contributed by atoms with Crippen LogP contribution in [0.25, 0.3) is 0 Å². The molecule has 0 spiro atoms. The fraction of sp³-hybridized carbons (Fsp3) is 0.259. The van der Waals surface area contributed by atoms with Gasteiger partial charge >= 0.3 is 5.97 Å². The van der Waals surface area contributed by atoms with Crippen molar-refractivity contribution >= 4 is 29.2 Å². The number of rotatable bonds is 7. The van der Waals surface area contributed by atoms with E-state index in [4.69, 9.17) is 5.73 Å². The van der Waals surface area contributed by atoms with Crippen LogP contribution >= 0.6 is 0 Å². The predicted octanol–water partition coefficient (Wildman–Crippen LogP) is 2.88. The number of amides is 2. The molecule has 0 radical (unpaired) electrons. The lowest BCUT2D eigenvalue weighted by Gasteiger charge is -2.36. The number of carbonyl (C=O) groups is 3. The van der Waals surface area contributed by atoms with Gasteiger partial charge in [-0.3, -0.25) is 19.4 Å². The smallest absolute Gasteiger partial charge is 0.305 e. The Kier molecular flexibility index (Phi) is 7.48. The summed E-state index contributed by atoms with van der Waals surface area (Å²) < 4.78 is 0. The van der Waals surface area contributed by atoms with Gasteiger partial charge in [0.1, 0.15) is 0 Å². The third-order valence-corrected chi connectivity index (χ3v) is 6.27. The van der Waals surface area contributed by atoms with Gasteiger partial charge in [0.2, 0.25) is 0 Å². The molecule has 9 heteroatoms. The van der Waals surface area contributed by atoms with Gasteiger partial charge in [-0.05, 0) is 42.8 Å². The number of carbonyl (C=O) groups excluding carboxylic acids is 2. The average molecular weight is 488 g/mol. The minimum atomic E-state index is -1.00. The van der Waals surface area contributed by atoms with Gasteiger partial charge in [-0.2, -0.15) is 0 Å². The number of hydrogen-bond donors (Lipinski definition) is 3. The number of benzene rings is 2. The van der Waals surface area contributed by atoms with Crippen LogP contribution in [0.1, 0.15) is 44.3 Å². The van der Waals surface area contributed by atoms with Crippen molar-refractivity contribution in [3.63, 3.8) is 0 Å². The molecular formula is C27H29N5O4. The summed E-state index contributed by atoms with van der Waals surface area (Å²) in [7, 11) is 0. The van der Waals surface area contributed by atoms with Crippen molar-refractivity contribution in [2.45, 2.75) is 19.4 Å². The number of carboxylic acid groups (broad SMARTS) is 1. The highest BCUT2D eigenvalue weighted by Crippen LogP contribution is 2.27. The van der Waals surface area contributed by atoms with Crippen LogP contribution in [-0.2, 0) is 4.79 Å². The number of aliphatic carboxylic acids is 1. The Bertz CT molecular complexity index is 1240. The molecule has 1 aromatic heterocycles. The maximum absolute atomic E-state index is 12.9. The average Bonchev–Trinajstić information content (AvgIpc) is 2.88. The van der Waals surface area contributed by atoms with Gasteiger partial charge in [-0.15, -0.1) is 0 Å². The van der Waals surface area contributed by atoms with Gasteiger partial charge in [0, 0.05) is 44.1 Å². The zero-order valence-corrected chi connectivity index (χ0v) is 20.1. The van der Waals surface area contributed by atoms with Crippen molar-refractivity contribution in [2.75, 3.05) is 36.8 Å². The number of aryl methyl sites for hydroxylation is 1. The molecule has 3 aromatic rings. The minimum absolute atomic E-state index is 0.0489. The number of piperazine rings is 1. The highest BCUT2D eigenvalue weighted by molar-refractivity contribution is 5.97. The van der Waals surface area contributed by atoms with Crippen molar-refractivity contribution < 1.29 is 19.5 Å². The van der Waals surface area contributed by atoms with Crippen LogP contribution in [0.3, 0.4) is 0 Å². The molecule has 4 rings (SSSR count). The fourth-order valence-corrected chi connectivity index (χ4v) is 4.27. The Hall–Kier alpha value is -4.40. The van der Waals surface area contributed by atoms with Crippen LogP contribution in [0.15, 0.2) is 67.0 Å². The van der Waals surface area contributed by atoms with Crippen LogP contribution in [-0.4, -0.2) is 59.0 Å². The number of nitrogens with two attached hydrogens (primary N) is 1. The summed E-state index contributed by atoms with van der Waals surface area (Å²) in [6, 6.07) is 15.3. The Morgan fingerprint density at radius 3 is 2.36 bits per heavy atom. The molecule has 9 nitrogen and oxygen atoms in total. The zero-order chi connectivity index (χ0) is 25.7. The molecule has 1 atom stereocenters. The van der Waals surface area contributed by atoms with Crippen LogP contribution in [0, 0.1) is 6.92 Å². The van der Waals surface area contributed by atoms with Gasteiger partial charge < -0.3 is 26.0 Å². The van der Waals surface area contributed by atoms with Crippen molar-refractivity contribution in [3.05, 3.63) is 89.2 Å². The van der Waals surface area contributed by atoms with E-state index in [2.05, 4.69) is 15.2 Å². The summed E-state index contributed by atoms with van der Waals surface area (Å²) in [5.41, 5.74) is 10.2. The maximum atomic E-state index is 12.9. The fourth-order valence-electron chi connectivity index (χ4n) is 4.27. The molecule has 186 valence electrons. The molecule has 2 heterocycles. The monoisotopic (exact) mass is 487 g/mol. The van der Waals surface area contributed by atoms with Gasteiger partial charge in [0.25, 0.3) is 11.8 Å². The Morgan fingerprint density at radius 2 is 1.75 bits per heavy atom. The first-order chi connectivity index (χ1) is 17.3. The molecule has 1 aliphatic rings. The van der Waals surface area contributed by atoms with Gasteiger partial charge in [0.15, 0.2) is 0 Å². The summed E-state index contributed by atoms with van der Waals surface area (Å²) in [6.07, 6.45) is 2.97. The summed E-state index contributed by atoms with van der Waals surface area (Å²) >= 11 is 0. The summed E-state index contributed by atoms with van der Waals surface area (Å²) in [6.45, 7) is 4.24. The lowest BCUT2D eigenvalue weighted by molar-refractivity contribution is -0.137. The second-order valence-electron chi connectivity index (χ2n) is 8.83. The zero-order valence-electron chi connectivity index (χ0n) is 20.1. The molecule has 1 saturated heterocycles. The number of hydrogen-bond acceptors (Lipinski definition) is 6. The SMILES string of the molecule is Cc1ccc(C(CC(=O)O)NC(=O)c2ccc(N3CCN(C(=O)c4cccnc4)CC3)c(N)c2)cc1. The van der Waals surface area contributed by atoms with E-state index in [0.717, 1.165) is 16.8 Å². The van der Waals surface area contributed by atoms with E-state index in [1.807, 2.05) is 31.2 Å². The molecule has 2 amide bonds. The molecule has 0 aliphatic carbocycles. The highest BCUT2D eigenvalue weighted by atomic mass is 16.4. The van der Waals surface area contributed by atoms with E-state index in [-0.39, 0.29) is 12.3 Å². The van der Waals surface area contributed by atoms with Gasteiger partial charge in [-0.1, -0.05) is 29.8 Å². The van der Waals surface area contributed by atoms with Crippen molar-refractivity contribution in [2.24, 2.45) is 0 Å². The molecule has 1 unspecified atom stereocenters. The second-order valence-corrected chi connectivity index (χ2v) is 8.83. The quantitative estimate of drug-likeness (QED) is 0.437. The van der Waals surface area contributed by atoms with E-state index in [1.165, 1.54) is 0 Å². The topological polar surface area (TPSA) is 129 Å². The third kappa shape index (κ3) is 5.80. The summed E-state index contributed by atoms with van der Waals surface area (Å²) in [5.74, 6) is -1.45. The number of nitrogens with one attached hydrogen (secondary N) is 1. The molecule has 1 aliphatic heterocycles. The summed E-state index contributed by atoms with van der Waals surface area (Å²) in [4.78, 5) is 44.9. The third-order valence-electron chi connectivity index (χ3n) is 6.27. The normalized spacial score (nSPS) is 14.2. The van der Waals surface area contributed by atoms with E-state index in [9.17, 15) is 19.5 Å². The number of pyridine rings is 1. The van der Waals surface area contributed by atoms with Gasteiger partial charge in [-0.25, -0.2) is 0 Å². The second kappa shape index (κ2) is 10.9. The predicted molar refractivity (Wildman–Crippen MR) is 137 cm³/mol. The number of nitrogens with zero attached hydrogens (tertiary/aromatic N) is 3. The lowest BCUT2D eigenvalue weighted by atomic mass is 10.0. The molecule has 4 N–H and O–H groups in total. The number of aromatic nitrogens is 1. The van der Waals surface area contributed by atoms with E-state index in [1.54, 1.807) is 47.6 Å². The number of nitrogen functional groups attached to an aromatic ring is 1. The molecule has 0 saturated carbocycles. The number of carboxylic acids is 1.